The van der Waals surface area contributed by atoms with Crippen LogP contribution in [0.15, 0.2) is 18.2 Å². The molecule has 15 heavy (non-hydrogen) atoms. The average molecular weight is 246 g/mol. The van der Waals surface area contributed by atoms with Gasteiger partial charge in [0.1, 0.15) is 5.54 Å². The third kappa shape index (κ3) is 1.61. The highest BCUT2D eigenvalue weighted by atomic mass is 35.5. The Kier molecular flexibility index (Phi) is 2.41. The Balaban J connectivity index is 2.35. The van der Waals surface area contributed by atoms with Crippen molar-refractivity contribution in [3.05, 3.63) is 33.8 Å². The summed E-state index contributed by atoms with van der Waals surface area (Å²) < 4.78 is 0. The van der Waals surface area contributed by atoms with Crippen LogP contribution in [-0.4, -0.2) is 16.6 Å². The van der Waals surface area contributed by atoms with Crippen molar-refractivity contribution in [2.45, 2.75) is 17.9 Å². The van der Waals surface area contributed by atoms with E-state index in [-0.39, 0.29) is 5.92 Å². The van der Waals surface area contributed by atoms with E-state index in [1.807, 2.05) is 0 Å². The van der Waals surface area contributed by atoms with Crippen LogP contribution in [0.4, 0.5) is 0 Å². The van der Waals surface area contributed by atoms with Crippen LogP contribution in [0.25, 0.3) is 0 Å². The predicted molar refractivity (Wildman–Crippen MR) is 58.4 cm³/mol. The van der Waals surface area contributed by atoms with E-state index >= 15 is 0 Å². The van der Waals surface area contributed by atoms with Gasteiger partial charge in [0.25, 0.3) is 0 Å². The SMILES string of the molecule is N[C@@]1(C(=O)O)C[C@H]1c1cccc(Cl)c1Cl. The van der Waals surface area contributed by atoms with Crippen LogP contribution in [0.5, 0.6) is 0 Å². The molecule has 0 radical (unpaired) electrons. The molecular weight excluding hydrogens is 237 g/mol. The van der Waals surface area contributed by atoms with E-state index in [0.717, 1.165) is 0 Å². The molecule has 1 fully saturated rings. The van der Waals surface area contributed by atoms with Crippen molar-refractivity contribution in [1.82, 2.24) is 0 Å². The van der Waals surface area contributed by atoms with Crippen molar-refractivity contribution in [3.63, 3.8) is 0 Å². The zero-order valence-corrected chi connectivity index (χ0v) is 9.22. The lowest BCUT2D eigenvalue weighted by Gasteiger charge is -2.08. The van der Waals surface area contributed by atoms with E-state index < -0.39 is 11.5 Å². The molecule has 1 aliphatic carbocycles. The van der Waals surface area contributed by atoms with Gasteiger partial charge < -0.3 is 10.8 Å². The van der Waals surface area contributed by atoms with E-state index in [1.165, 1.54) is 0 Å². The third-order valence-electron chi connectivity index (χ3n) is 2.76. The zero-order chi connectivity index (χ0) is 11.2. The highest BCUT2D eigenvalue weighted by molar-refractivity contribution is 6.42. The number of rotatable bonds is 2. The molecule has 1 aromatic carbocycles. The lowest BCUT2D eigenvalue weighted by atomic mass is 10.1. The fourth-order valence-electron chi connectivity index (χ4n) is 1.69. The molecule has 80 valence electrons. The molecule has 0 aliphatic heterocycles. The zero-order valence-electron chi connectivity index (χ0n) is 7.71. The molecule has 5 heteroatoms. The fraction of sp³-hybridized carbons (Fsp3) is 0.300. The summed E-state index contributed by atoms with van der Waals surface area (Å²) in [6.07, 6.45) is 0.405. The van der Waals surface area contributed by atoms with Crippen LogP contribution in [0.2, 0.25) is 10.0 Å². The molecule has 0 saturated heterocycles. The van der Waals surface area contributed by atoms with Crippen molar-refractivity contribution < 1.29 is 9.90 Å². The van der Waals surface area contributed by atoms with Gasteiger partial charge in [-0.3, -0.25) is 4.79 Å². The van der Waals surface area contributed by atoms with Gasteiger partial charge in [-0.1, -0.05) is 35.3 Å². The lowest BCUT2D eigenvalue weighted by Crippen LogP contribution is -2.34. The minimum absolute atomic E-state index is 0.235. The average Bonchev–Trinajstić information content (AvgIpc) is 2.84. The number of benzene rings is 1. The largest absolute Gasteiger partial charge is 0.480 e. The summed E-state index contributed by atoms with van der Waals surface area (Å²) >= 11 is 11.8. The maximum atomic E-state index is 10.9. The molecule has 1 aliphatic rings. The molecule has 0 amide bonds. The second kappa shape index (κ2) is 3.37. The van der Waals surface area contributed by atoms with Gasteiger partial charge in [0.05, 0.1) is 10.0 Å². The van der Waals surface area contributed by atoms with Gasteiger partial charge in [0.2, 0.25) is 0 Å². The van der Waals surface area contributed by atoms with Crippen LogP contribution in [0.1, 0.15) is 17.9 Å². The summed E-state index contributed by atoms with van der Waals surface area (Å²) in [4.78, 5) is 10.9. The van der Waals surface area contributed by atoms with Crippen LogP contribution >= 0.6 is 23.2 Å². The molecule has 0 bridgehead atoms. The molecule has 2 rings (SSSR count). The van der Waals surface area contributed by atoms with Crippen molar-refractivity contribution in [1.29, 1.82) is 0 Å². The number of carboxylic acids is 1. The Bertz CT molecular complexity index is 435. The highest BCUT2D eigenvalue weighted by Crippen LogP contribution is 2.52. The Morgan fingerprint density at radius 3 is 2.73 bits per heavy atom. The summed E-state index contributed by atoms with van der Waals surface area (Å²) in [5.74, 6) is -1.23. The van der Waals surface area contributed by atoms with Crippen LogP contribution < -0.4 is 5.73 Å². The molecular formula is C10H9Cl2NO2. The van der Waals surface area contributed by atoms with Crippen molar-refractivity contribution in [3.8, 4) is 0 Å². The summed E-state index contributed by atoms with van der Waals surface area (Å²) in [6, 6.07) is 5.16. The van der Waals surface area contributed by atoms with Crippen molar-refractivity contribution >= 4 is 29.2 Å². The molecule has 3 N–H and O–H groups in total. The summed E-state index contributed by atoms with van der Waals surface area (Å²) in [5, 5.41) is 9.73. The molecule has 0 aromatic heterocycles. The van der Waals surface area contributed by atoms with E-state index in [1.54, 1.807) is 18.2 Å². The van der Waals surface area contributed by atoms with Gasteiger partial charge in [-0.2, -0.15) is 0 Å². The standard InChI is InChI=1S/C10H9Cl2NO2/c11-7-3-1-2-5(8(7)12)6-4-10(6,13)9(14)15/h1-3,6H,4,13H2,(H,14,15)/t6-,10-/m0/s1. The second-order valence-corrected chi connectivity index (χ2v) is 4.53. The molecule has 2 atom stereocenters. The Hall–Kier alpha value is -0.770. The quantitative estimate of drug-likeness (QED) is 0.841. The number of hydrogen-bond acceptors (Lipinski definition) is 2. The van der Waals surface area contributed by atoms with Gasteiger partial charge in [-0.05, 0) is 18.1 Å². The van der Waals surface area contributed by atoms with Gasteiger partial charge in [-0.15, -0.1) is 0 Å². The van der Waals surface area contributed by atoms with Crippen LogP contribution in [0, 0.1) is 0 Å². The van der Waals surface area contributed by atoms with Crippen molar-refractivity contribution in [2.24, 2.45) is 5.73 Å². The Morgan fingerprint density at radius 1 is 1.53 bits per heavy atom. The number of halogens is 2. The minimum Gasteiger partial charge on any atom is -0.480 e. The monoisotopic (exact) mass is 245 g/mol. The first kappa shape index (κ1) is 10.7. The van der Waals surface area contributed by atoms with E-state index in [4.69, 9.17) is 34.0 Å². The molecule has 0 unspecified atom stereocenters. The van der Waals surface area contributed by atoms with Gasteiger partial charge >= 0.3 is 5.97 Å². The highest BCUT2D eigenvalue weighted by Gasteiger charge is 2.58. The third-order valence-corrected chi connectivity index (χ3v) is 3.59. The normalized spacial score (nSPS) is 28.9. The van der Waals surface area contributed by atoms with E-state index in [2.05, 4.69) is 0 Å². The van der Waals surface area contributed by atoms with Crippen LogP contribution in [-0.2, 0) is 4.79 Å². The Morgan fingerprint density at radius 2 is 2.20 bits per heavy atom. The maximum absolute atomic E-state index is 10.9. The molecule has 0 heterocycles. The van der Waals surface area contributed by atoms with Gasteiger partial charge in [0.15, 0.2) is 0 Å². The molecule has 1 aromatic rings. The number of hydrogen-bond donors (Lipinski definition) is 2. The van der Waals surface area contributed by atoms with Gasteiger partial charge in [0, 0.05) is 5.92 Å². The summed E-state index contributed by atoms with van der Waals surface area (Å²) in [7, 11) is 0. The van der Waals surface area contributed by atoms with E-state index in [0.29, 0.717) is 22.0 Å². The summed E-state index contributed by atoms with van der Waals surface area (Å²) in [6.45, 7) is 0. The second-order valence-electron chi connectivity index (χ2n) is 3.75. The summed E-state index contributed by atoms with van der Waals surface area (Å²) in [5.41, 5.74) is 5.23. The topological polar surface area (TPSA) is 63.3 Å². The van der Waals surface area contributed by atoms with E-state index in [9.17, 15) is 4.79 Å². The number of nitrogens with two attached hydrogens (primary N) is 1. The number of carboxylic acid groups (broad SMARTS) is 1. The molecule has 3 nitrogen and oxygen atoms in total. The van der Waals surface area contributed by atoms with Crippen LogP contribution in [0.3, 0.4) is 0 Å². The maximum Gasteiger partial charge on any atom is 0.324 e. The first-order valence-corrected chi connectivity index (χ1v) is 5.18. The lowest BCUT2D eigenvalue weighted by molar-refractivity contribution is -0.139. The minimum atomic E-state index is -1.17. The molecule has 0 spiro atoms. The number of aliphatic carboxylic acids is 1. The predicted octanol–water partition coefficient (Wildman–Crippen LogP) is 2.26. The number of carbonyl (C=O) groups is 1. The Labute approximate surface area is 96.8 Å². The smallest absolute Gasteiger partial charge is 0.324 e. The first-order chi connectivity index (χ1) is 6.97. The van der Waals surface area contributed by atoms with Gasteiger partial charge in [-0.25, -0.2) is 0 Å². The molecule has 1 saturated carbocycles. The fourth-order valence-corrected chi connectivity index (χ4v) is 2.13. The first-order valence-electron chi connectivity index (χ1n) is 4.43. The van der Waals surface area contributed by atoms with Crippen molar-refractivity contribution in [2.75, 3.05) is 0 Å².